The Bertz CT molecular complexity index is 1360. The van der Waals surface area contributed by atoms with Gasteiger partial charge in [0.05, 0.1) is 32.1 Å². The van der Waals surface area contributed by atoms with Gasteiger partial charge in [0.15, 0.2) is 0 Å². The summed E-state index contributed by atoms with van der Waals surface area (Å²) in [6, 6.07) is 14.3. The van der Waals surface area contributed by atoms with Crippen LogP contribution >= 0.6 is 11.3 Å². The first-order valence-electron chi connectivity index (χ1n) is 9.66. The number of aromatic nitrogens is 5. The highest BCUT2D eigenvalue weighted by Gasteiger charge is 2.27. The maximum absolute atomic E-state index is 4.90. The van der Waals surface area contributed by atoms with Crippen LogP contribution in [0.2, 0.25) is 0 Å². The van der Waals surface area contributed by atoms with Crippen molar-refractivity contribution >= 4 is 44.0 Å². The van der Waals surface area contributed by atoms with Crippen LogP contribution in [0, 0.1) is 0 Å². The van der Waals surface area contributed by atoms with Crippen molar-refractivity contribution in [2.24, 2.45) is 7.05 Å². The number of fused-ring (bicyclic) bond motifs is 2. The van der Waals surface area contributed by atoms with Crippen molar-refractivity contribution in [2.75, 3.05) is 5.32 Å². The van der Waals surface area contributed by atoms with E-state index in [-0.39, 0.29) is 0 Å². The molecule has 0 spiro atoms. The molecule has 0 atom stereocenters. The summed E-state index contributed by atoms with van der Waals surface area (Å²) < 4.78 is 3.03. The highest BCUT2D eigenvalue weighted by atomic mass is 32.1. The van der Waals surface area contributed by atoms with Crippen LogP contribution in [0.3, 0.4) is 0 Å². The van der Waals surface area contributed by atoms with Crippen molar-refractivity contribution in [2.45, 2.75) is 18.8 Å². The minimum atomic E-state index is 0.677. The molecular formula is C22H18N6S. The Morgan fingerprint density at radius 3 is 2.79 bits per heavy atom. The summed E-state index contributed by atoms with van der Waals surface area (Å²) >= 11 is 1.80. The molecule has 0 bridgehead atoms. The first kappa shape index (κ1) is 16.6. The number of anilines is 2. The van der Waals surface area contributed by atoms with E-state index in [0.717, 1.165) is 39.3 Å². The minimum Gasteiger partial charge on any atom is -0.340 e. The number of hydrogen-bond donors (Lipinski definition) is 1. The van der Waals surface area contributed by atoms with E-state index in [1.54, 1.807) is 17.5 Å². The van der Waals surface area contributed by atoms with E-state index >= 15 is 0 Å². The van der Waals surface area contributed by atoms with Gasteiger partial charge in [-0.15, -0.1) is 11.3 Å². The van der Waals surface area contributed by atoms with E-state index in [4.69, 9.17) is 9.97 Å². The number of rotatable bonds is 4. The lowest BCUT2D eigenvalue weighted by Gasteiger charge is -2.11. The Morgan fingerprint density at radius 2 is 1.97 bits per heavy atom. The number of benzene rings is 1. The molecule has 1 aromatic carbocycles. The molecule has 7 heteroatoms. The van der Waals surface area contributed by atoms with Gasteiger partial charge in [0, 0.05) is 36.4 Å². The smallest absolute Gasteiger partial charge is 0.140 e. The Labute approximate surface area is 171 Å². The standard InChI is InChI=1S/C22H18N6S/c1-28-19(8-10-24-28)18-12-17-15(3-2-9-23-17)21(26-18)25-14-6-7-16-20(11-14)29-22(27-16)13-4-5-13/h2-3,6-13H,4-5H2,1H3,(H,25,26). The van der Waals surface area contributed by atoms with Gasteiger partial charge in [0.25, 0.3) is 0 Å². The summed E-state index contributed by atoms with van der Waals surface area (Å²) in [7, 11) is 1.92. The Kier molecular flexibility index (Phi) is 3.64. The van der Waals surface area contributed by atoms with E-state index in [9.17, 15) is 0 Å². The summed E-state index contributed by atoms with van der Waals surface area (Å²) in [5.74, 6) is 1.47. The minimum absolute atomic E-state index is 0.677. The van der Waals surface area contributed by atoms with Gasteiger partial charge in [-0.1, -0.05) is 0 Å². The summed E-state index contributed by atoms with van der Waals surface area (Å²) in [6.45, 7) is 0. The summed E-state index contributed by atoms with van der Waals surface area (Å²) in [6.07, 6.45) is 6.13. The van der Waals surface area contributed by atoms with Crippen molar-refractivity contribution in [3.8, 4) is 11.4 Å². The third-order valence-electron chi connectivity index (χ3n) is 5.28. The first-order valence-corrected chi connectivity index (χ1v) is 10.5. The molecule has 142 valence electrons. The van der Waals surface area contributed by atoms with Crippen molar-refractivity contribution in [3.63, 3.8) is 0 Å². The predicted octanol–water partition coefficient (Wildman–Crippen LogP) is 5.26. The number of hydrogen-bond acceptors (Lipinski definition) is 6. The second kappa shape index (κ2) is 6.35. The fourth-order valence-electron chi connectivity index (χ4n) is 3.59. The molecule has 1 aliphatic rings. The van der Waals surface area contributed by atoms with E-state index < -0.39 is 0 Å². The third kappa shape index (κ3) is 2.94. The van der Waals surface area contributed by atoms with Gasteiger partial charge in [-0.2, -0.15) is 5.10 Å². The zero-order chi connectivity index (χ0) is 19.4. The third-order valence-corrected chi connectivity index (χ3v) is 6.46. The quantitative estimate of drug-likeness (QED) is 0.447. The summed E-state index contributed by atoms with van der Waals surface area (Å²) in [4.78, 5) is 14.2. The van der Waals surface area contributed by atoms with Gasteiger partial charge in [-0.3, -0.25) is 9.67 Å². The van der Waals surface area contributed by atoms with E-state index in [2.05, 4.69) is 33.6 Å². The fourth-order valence-corrected chi connectivity index (χ4v) is 4.76. The van der Waals surface area contributed by atoms with Gasteiger partial charge >= 0.3 is 0 Å². The highest BCUT2D eigenvalue weighted by Crippen LogP contribution is 2.43. The molecule has 0 amide bonds. The lowest BCUT2D eigenvalue weighted by atomic mass is 10.2. The molecule has 0 aliphatic heterocycles. The van der Waals surface area contributed by atoms with E-state index in [1.807, 2.05) is 42.2 Å². The van der Waals surface area contributed by atoms with Crippen LogP contribution in [-0.2, 0) is 7.05 Å². The average Bonchev–Trinajstić information content (AvgIpc) is 3.36. The van der Waals surface area contributed by atoms with Crippen molar-refractivity contribution in [1.29, 1.82) is 0 Å². The van der Waals surface area contributed by atoms with E-state index in [1.165, 1.54) is 22.5 Å². The lowest BCUT2D eigenvalue weighted by Crippen LogP contribution is -2.00. The molecule has 1 fully saturated rings. The molecule has 0 radical (unpaired) electrons. The topological polar surface area (TPSA) is 68.5 Å². The molecule has 4 aromatic heterocycles. The van der Waals surface area contributed by atoms with Gasteiger partial charge in [-0.25, -0.2) is 9.97 Å². The van der Waals surface area contributed by atoms with Crippen molar-refractivity contribution < 1.29 is 0 Å². The van der Waals surface area contributed by atoms with Crippen LogP contribution in [0.15, 0.2) is 54.9 Å². The van der Waals surface area contributed by atoms with Crippen LogP contribution in [0.25, 0.3) is 32.5 Å². The molecule has 1 N–H and O–H groups in total. The monoisotopic (exact) mass is 398 g/mol. The Morgan fingerprint density at radius 1 is 1.03 bits per heavy atom. The molecule has 0 unspecified atom stereocenters. The number of pyridine rings is 2. The van der Waals surface area contributed by atoms with Crippen LogP contribution in [0.1, 0.15) is 23.8 Å². The number of nitrogens with zero attached hydrogens (tertiary/aromatic N) is 5. The molecule has 6 nitrogen and oxygen atoms in total. The normalized spacial score (nSPS) is 14.0. The average molecular weight is 398 g/mol. The second-order valence-electron chi connectivity index (χ2n) is 7.40. The Hall–Kier alpha value is -3.32. The zero-order valence-electron chi connectivity index (χ0n) is 15.8. The SMILES string of the molecule is Cn1nccc1-c1cc2ncccc2c(Nc2ccc3nc(C4CC4)sc3c2)n1. The van der Waals surface area contributed by atoms with Gasteiger partial charge in [0.2, 0.25) is 0 Å². The van der Waals surface area contributed by atoms with Crippen LogP contribution < -0.4 is 5.32 Å². The predicted molar refractivity (Wildman–Crippen MR) is 117 cm³/mol. The summed E-state index contributed by atoms with van der Waals surface area (Å²) in [5, 5.41) is 10.0. The molecule has 4 heterocycles. The maximum Gasteiger partial charge on any atom is 0.140 e. The molecule has 5 aromatic rings. The highest BCUT2D eigenvalue weighted by molar-refractivity contribution is 7.18. The lowest BCUT2D eigenvalue weighted by molar-refractivity contribution is 0.773. The van der Waals surface area contributed by atoms with Crippen LogP contribution in [0.4, 0.5) is 11.5 Å². The zero-order valence-corrected chi connectivity index (χ0v) is 16.6. The van der Waals surface area contributed by atoms with E-state index in [0.29, 0.717) is 5.92 Å². The molecule has 29 heavy (non-hydrogen) atoms. The number of aryl methyl sites for hydroxylation is 1. The number of thiazole rings is 1. The largest absolute Gasteiger partial charge is 0.340 e. The number of nitrogens with one attached hydrogen (secondary N) is 1. The second-order valence-corrected chi connectivity index (χ2v) is 8.46. The molecular weight excluding hydrogens is 380 g/mol. The van der Waals surface area contributed by atoms with Crippen molar-refractivity contribution in [1.82, 2.24) is 24.7 Å². The first-order chi connectivity index (χ1) is 14.2. The fraction of sp³-hybridized carbons (Fsp3) is 0.182. The van der Waals surface area contributed by atoms with Gasteiger partial charge in [0.1, 0.15) is 5.82 Å². The Balaban J connectivity index is 1.45. The summed E-state index contributed by atoms with van der Waals surface area (Å²) in [5.41, 5.74) is 4.77. The van der Waals surface area contributed by atoms with Gasteiger partial charge < -0.3 is 5.32 Å². The maximum atomic E-state index is 4.90. The van der Waals surface area contributed by atoms with Gasteiger partial charge in [-0.05, 0) is 55.3 Å². The molecule has 1 saturated carbocycles. The van der Waals surface area contributed by atoms with Crippen molar-refractivity contribution in [3.05, 3.63) is 59.9 Å². The molecule has 1 aliphatic carbocycles. The molecule has 6 rings (SSSR count). The van der Waals surface area contributed by atoms with Crippen LogP contribution in [0.5, 0.6) is 0 Å². The van der Waals surface area contributed by atoms with Crippen LogP contribution in [-0.4, -0.2) is 24.7 Å². The molecule has 0 saturated heterocycles.